The summed E-state index contributed by atoms with van der Waals surface area (Å²) in [6.45, 7) is 3.44. The lowest BCUT2D eigenvalue weighted by atomic mass is 10.2. The summed E-state index contributed by atoms with van der Waals surface area (Å²) in [4.78, 5) is 14.9. The number of aryl methyl sites for hydroxylation is 1. The summed E-state index contributed by atoms with van der Waals surface area (Å²) in [7, 11) is 1.85. The van der Waals surface area contributed by atoms with E-state index in [1.54, 1.807) is 17.4 Å². The van der Waals surface area contributed by atoms with Gasteiger partial charge in [-0.25, -0.2) is 4.39 Å². The Morgan fingerprint density at radius 3 is 2.86 bits per heavy atom. The smallest absolute Gasteiger partial charge is 0.234 e. The van der Waals surface area contributed by atoms with Crippen molar-refractivity contribution in [2.75, 3.05) is 13.6 Å². The van der Waals surface area contributed by atoms with Crippen LogP contribution >= 0.6 is 11.3 Å². The Morgan fingerprint density at radius 2 is 2.19 bits per heavy atom. The standard InChI is InChI=1S/C16H19FN2OS/c1-12-6-7-21-15(12)9-18-16(20)11-19(2)10-13-4-3-5-14(17)8-13/h3-8H,9-11H2,1-2H3,(H,18,20). The Kier molecular flexibility index (Phi) is 5.47. The zero-order valence-corrected chi connectivity index (χ0v) is 13.0. The van der Waals surface area contributed by atoms with Gasteiger partial charge < -0.3 is 5.32 Å². The third kappa shape index (κ3) is 4.95. The minimum Gasteiger partial charge on any atom is -0.350 e. The van der Waals surface area contributed by atoms with Gasteiger partial charge in [0.1, 0.15) is 5.82 Å². The number of thiophene rings is 1. The first-order chi connectivity index (χ1) is 10.0. The second-order valence-corrected chi connectivity index (χ2v) is 6.11. The molecule has 0 saturated carbocycles. The van der Waals surface area contributed by atoms with Gasteiger partial charge in [-0.15, -0.1) is 11.3 Å². The molecule has 2 aromatic rings. The van der Waals surface area contributed by atoms with Crippen LogP contribution in [-0.4, -0.2) is 24.4 Å². The Balaban J connectivity index is 1.78. The van der Waals surface area contributed by atoms with Crippen LogP contribution in [-0.2, 0) is 17.9 Å². The summed E-state index contributed by atoms with van der Waals surface area (Å²) in [5, 5.41) is 4.93. The molecule has 112 valence electrons. The number of amides is 1. The highest BCUT2D eigenvalue weighted by molar-refractivity contribution is 7.10. The maximum Gasteiger partial charge on any atom is 0.234 e. The molecule has 21 heavy (non-hydrogen) atoms. The van der Waals surface area contributed by atoms with Crippen LogP contribution < -0.4 is 5.32 Å². The van der Waals surface area contributed by atoms with Crippen molar-refractivity contribution in [3.63, 3.8) is 0 Å². The average molecular weight is 306 g/mol. The van der Waals surface area contributed by atoms with E-state index in [-0.39, 0.29) is 11.7 Å². The number of rotatable bonds is 6. The van der Waals surface area contributed by atoms with Crippen molar-refractivity contribution >= 4 is 17.2 Å². The van der Waals surface area contributed by atoms with Crippen LogP contribution in [0.2, 0.25) is 0 Å². The molecular formula is C16H19FN2OS. The fourth-order valence-corrected chi connectivity index (χ4v) is 2.91. The average Bonchev–Trinajstić information content (AvgIpc) is 2.81. The molecule has 1 N–H and O–H groups in total. The maximum absolute atomic E-state index is 13.1. The first-order valence-electron chi connectivity index (χ1n) is 6.77. The minimum absolute atomic E-state index is 0.0262. The molecule has 0 aliphatic carbocycles. The van der Waals surface area contributed by atoms with E-state index in [4.69, 9.17) is 0 Å². The van der Waals surface area contributed by atoms with E-state index >= 15 is 0 Å². The van der Waals surface area contributed by atoms with Crippen LogP contribution in [0.5, 0.6) is 0 Å². The zero-order chi connectivity index (χ0) is 15.2. The monoisotopic (exact) mass is 306 g/mol. The van der Waals surface area contributed by atoms with Gasteiger partial charge in [-0.3, -0.25) is 9.69 Å². The number of hydrogen-bond acceptors (Lipinski definition) is 3. The van der Waals surface area contributed by atoms with E-state index in [9.17, 15) is 9.18 Å². The summed E-state index contributed by atoms with van der Waals surface area (Å²) >= 11 is 1.64. The molecule has 0 unspecified atom stereocenters. The molecule has 0 aliphatic rings. The molecule has 1 heterocycles. The highest BCUT2D eigenvalue weighted by Gasteiger charge is 2.08. The minimum atomic E-state index is -0.251. The number of hydrogen-bond donors (Lipinski definition) is 1. The number of nitrogens with zero attached hydrogens (tertiary/aromatic N) is 1. The largest absolute Gasteiger partial charge is 0.350 e. The van der Waals surface area contributed by atoms with Gasteiger partial charge in [0.2, 0.25) is 5.91 Å². The number of carbonyl (C=O) groups is 1. The van der Waals surface area contributed by atoms with Crippen molar-refractivity contribution in [3.8, 4) is 0 Å². The normalized spacial score (nSPS) is 10.9. The molecule has 1 aromatic carbocycles. The number of likely N-dealkylation sites (N-methyl/N-ethyl adjacent to an activating group) is 1. The van der Waals surface area contributed by atoms with Gasteiger partial charge in [0.15, 0.2) is 0 Å². The summed E-state index contributed by atoms with van der Waals surface area (Å²) in [6, 6.07) is 8.48. The van der Waals surface area contributed by atoms with Crippen LogP contribution in [0.15, 0.2) is 35.7 Å². The molecule has 0 atom stereocenters. The van der Waals surface area contributed by atoms with Crippen molar-refractivity contribution in [1.29, 1.82) is 0 Å². The van der Waals surface area contributed by atoms with Gasteiger partial charge in [-0.2, -0.15) is 0 Å². The van der Waals surface area contributed by atoms with Gasteiger partial charge in [0.05, 0.1) is 13.1 Å². The van der Waals surface area contributed by atoms with Crippen molar-refractivity contribution in [2.45, 2.75) is 20.0 Å². The third-order valence-electron chi connectivity index (χ3n) is 3.17. The summed E-state index contributed by atoms with van der Waals surface area (Å²) < 4.78 is 13.1. The van der Waals surface area contributed by atoms with Crippen LogP contribution in [0, 0.1) is 12.7 Å². The molecule has 1 aromatic heterocycles. The van der Waals surface area contributed by atoms with Crippen LogP contribution in [0.1, 0.15) is 16.0 Å². The molecule has 1 amide bonds. The maximum atomic E-state index is 13.1. The van der Waals surface area contributed by atoms with E-state index in [1.165, 1.54) is 22.6 Å². The Morgan fingerprint density at radius 1 is 1.38 bits per heavy atom. The topological polar surface area (TPSA) is 32.3 Å². The quantitative estimate of drug-likeness (QED) is 0.890. The Bertz CT molecular complexity index is 612. The van der Waals surface area contributed by atoms with E-state index < -0.39 is 0 Å². The highest BCUT2D eigenvalue weighted by Crippen LogP contribution is 2.14. The van der Waals surface area contributed by atoms with E-state index in [0.29, 0.717) is 19.6 Å². The Labute approximate surface area is 128 Å². The lowest BCUT2D eigenvalue weighted by Crippen LogP contribution is -2.34. The molecule has 3 nitrogen and oxygen atoms in total. The number of halogens is 1. The highest BCUT2D eigenvalue weighted by atomic mass is 32.1. The molecule has 0 spiro atoms. The van der Waals surface area contributed by atoms with E-state index in [2.05, 4.69) is 5.32 Å². The van der Waals surface area contributed by atoms with Crippen LogP contribution in [0.25, 0.3) is 0 Å². The van der Waals surface area contributed by atoms with Gasteiger partial charge in [0, 0.05) is 11.4 Å². The fourth-order valence-electron chi connectivity index (χ4n) is 2.07. The lowest BCUT2D eigenvalue weighted by molar-refractivity contribution is -0.122. The lowest BCUT2D eigenvalue weighted by Gasteiger charge is -2.16. The first kappa shape index (κ1) is 15.7. The van der Waals surface area contributed by atoms with Crippen molar-refractivity contribution in [3.05, 3.63) is 57.5 Å². The van der Waals surface area contributed by atoms with Gasteiger partial charge in [-0.05, 0) is 48.7 Å². The van der Waals surface area contributed by atoms with Gasteiger partial charge >= 0.3 is 0 Å². The number of carbonyl (C=O) groups excluding carboxylic acids is 1. The molecule has 0 bridgehead atoms. The summed E-state index contributed by atoms with van der Waals surface area (Å²) in [6.07, 6.45) is 0. The predicted molar refractivity (Wildman–Crippen MR) is 83.6 cm³/mol. The molecule has 0 fully saturated rings. The molecule has 5 heteroatoms. The molecule has 0 saturated heterocycles. The van der Waals surface area contributed by atoms with Crippen molar-refractivity contribution in [1.82, 2.24) is 10.2 Å². The first-order valence-corrected chi connectivity index (χ1v) is 7.65. The zero-order valence-electron chi connectivity index (χ0n) is 12.2. The van der Waals surface area contributed by atoms with Crippen LogP contribution in [0.3, 0.4) is 0 Å². The summed E-state index contributed by atoms with van der Waals surface area (Å²) in [5.74, 6) is -0.278. The van der Waals surface area contributed by atoms with Crippen LogP contribution in [0.4, 0.5) is 4.39 Å². The van der Waals surface area contributed by atoms with Crippen molar-refractivity contribution < 1.29 is 9.18 Å². The van der Waals surface area contributed by atoms with E-state index in [0.717, 1.165) is 5.56 Å². The number of nitrogens with one attached hydrogen (secondary N) is 1. The summed E-state index contributed by atoms with van der Waals surface area (Å²) in [5.41, 5.74) is 2.06. The van der Waals surface area contributed by atoms with Crippen molar-refractivity contribution in [2.24, 2.45) is 0 Å². The molecule has 0 radical (unpaired) electrons. The van der Waals surface area contributed by atoms with E-state index in [1.807, 2.05) is 36.4 Å². The fraction of sp³-hybridized carbons (Fsp3) is 0.312. The molecular weight excluding hydrogens is 287 g/mol. The molecule has 2 rings (SSSR count). The number of benzene rings is 1. The third-order valence-corrected chi connectivity index (χ3v) is 4.19. The second kappa shape index (κ2) is 7.33. The van der Waals surface area contributed by atoms with Gasteiger partial charge in [-0.1, -0.05) is 12.1 Å². The Hall–Kier alpha value is -1.72. The second-order valence-electron chi connectivity index (χ2n) is 5.11. The SMILES string of the molecule is Cc1ccsc1CNC(=O)CN(C)Cc1cccc(F)c1. The molecule has 0 aliphatic heterocycles. The predicted octanol–water partition coefficient (Wildman–Crippen LogP) is 2.94. The van der Waals surface area contributed by atoms with Gasteiger partial charge in [0.25, 0.3) is 0 Å².